The van der Waals surface area contributed by atoms with Crippen LogP contribution in [0.2, 0.25) is 5.02 Å². The van der Waals surface area contributed by atoms with Gasteiger partial charge in [-0.15, -0.1) is 0 Å². The van der Waals surface area contributed by atoms with Crippen molar-refractivity contribution >= 4 is 23.2 Å². The van der Waals surface area contributed by atoms with E-state index in [9.17, 15) is 4.79 Å². The lowest BCUT2D eigenvalue weighted by molar-refractivity contribution is -0.122. The fourth-order valence-electron chi connectivity index (χ4n) is 1.89. The summed E-state index contributed by atoms with van der Waals surface area (Å²) in [6, 6.07) is 6.83. The third-order valence-electron chi connectivity index (χ3n) is 2.95. The Morgan fingerprint density at radius 2 is 2.17 bits per heavy atom. The summed E-state index contributed by atoms with van der Waals surface area (Å²) in [7, 11) is 0. The number of carbonyl (C=O) groups is 1. The zero-order valence-corrected chi connectivity index (χ0v) is 10.5. The van der Waals surface area contributed by atoms with Crippen LogP contribution in [0.1, 0.15) is 18.4 Å². The second-order valence-electron chi connectivity index (χ2n) is 4.18. The van der Waals surface area contributed by atoms with Crippen LogP contribution in [0.25, 0.3) is 0 Å². The Hall–Kier alpha value is -1.57. The van der Waals surface area contributed by atoms with Gasteiger partial charge in [0.15, 0.2) is 0 Å². The van der Waals surface area contributed by atoms with Crippen molar-refractivity contribution in [1.82, 2.24) is 0 Å². The van der Waals surface area contributed by atoms with Crippen LogP contribution in [-0.2, 0) is 9.53 Å². The second kappa shape index (κ2) is 5.85. The number of anilines is 1. The van der Waals surface area contributed by atoms with Crippen LogP contribution in [-0.4, -0.2) is 19.1 Å². The molecule has 0 saturated carbocycles. The molecule has 1 saturated heterocycles. The molecule has 4 nitrogen and oxygen atoms in total. The van der Waals surface area contributed by atoms with Gasteiger partial charge in [0.2, 0.25) is 5.91 Å². The Morgan fingerprint density at radius 3 is 2.83 bits per heavy atom. The number of benzene rings is 1. The standard InChI is InChI=1S/C13H13ClN2O2/c14-11-2-1-9(8-15)7-12(11)16-13(17)10-3-5-18-6-4-10/h1-2,7,10H,3-6H2,(H,16,17). The van der Waals surface area contributed by atoms with E-state index in [1.165, 1.54) is 0 Å². The Morgan fingerprint density at radius 1 is 1.44 bits per heavy atom. The molecule has 0 aromatic heterocycles. The molecule has 1 heterocycles. The van der Waals surface area contributed by atoms with E-state index in [2.05, 4.69) is 5.32 Å². The third-order valence-corrected chi connectivity index (χ3v) is 3.28. The van der Waals surface area contributed by atoms with Crippen molar-refractivity contribution in [2.45, 2.75) is 12.8 Å². The molecule has 2 rings (SSSR count). The van der Waals surface area contributed by atoms with Crippen molar-refractivity contribution in [1.29, 1.82) is 5.26 Å². The minimum absolute atomic E-state index is 0.0411. The van der Waals surface area contributed by atoms with Crippen molar-refractivity contribution in [3.8, 4) is 6.07 Å². The average molecular weight is 265 g/mol. The third kappa shape index (κ3) is 3.00. The van der Waals surface area contributed by atoms with E-state index in [1.54, 1.807) is 18.2 Å². The van der Waals surface area contributed by atoms with Gasteiger partial charge in [0, 0.05) is 19.1 Å². The van der Waals surface area contributed by atoms with Gasteiger partial charge in [-0.25, -0.2) is 0 Å². The van der Waals surface area contributed by atoms with Crippen molar-refractivity contribution in [3.63, 3.8) is 0 Å². The maximum absolute atomic E-state index is 12.0. The fourth-order valence-corrected chi connectivity index (χ4v) is 2.05. The SMILES string of the molecule is N#Cc1ccc(Cl)c(NC(=O)C2CCOCC2)c1. The highest BCUT2D eigenvalue weighted by Gasteiger charge is 2.22. The molecule has 18 heavy (non-hydrogen) atoms. The topological polar surface area (TPSA) is 62.1 Å². The van der Waals surface area contributed by atoms with Gasteiger partial charge in [0.05, 0.1) is 22.3 Å². The van der Waals surface area contributed by atoms with E-state index in [0.29, 0.717) is 29.5 Å². The summed E-state index contributed by atoms with van der Waals surface area (Å²) >= 11 is 5.99. The summed E-state index contributed by atoms with van der Waals surface area (Å²) in [4.78, 5) is 12.0. The number of hydrogen-bond donors (Lipinski definition) is 1. The molecule has 0 bridgehead atoms. The van der Waals surface area contributed by atoms with Gasteiger partial charge < -0.3 is 10.1 Å². The van der Waals surface area contributed by atoms with Crippen LogP contribution >= 0.6 is 11.6 Å². The van der Waals surface area contributed by atoms with E-state index in [1.807, 2.05) is 6.07 Å². The largest absolute Gasteiger partial charge is 0.381 e. The maximum Gasteiger partial charge on any atom is 0.227 e. The molecule has 1 fully saturated rings. The second-order valence-corrected chi connectivity index (χ2v) is 4.59. The molecule has 1 amide bonds. The molecule has 94 valence electrons. The predicted molar refractivity (Wildman–Crippen MR) is 68.3 cm³/mol. The van der Waals surface area contributed by atoms with Crippen molar-refractivity contribution in [2.75, 3.05) is 18.5 Å². The molecule has 1 aliphatic heterocycles. The number of nitrogens with zero attached hydrogens (tertiary/aromatic N) is 1. The molecule has 0 aliphatic carbocycles. The maximum atomic E-state index is 12.0. The van der Waals surface area contributed by atoms with Crippen molar-refractivity contribution in [3.05, 3.63) is 28.8 Å². The van der Waals surface area contributed by atoms with Gasteiger partial charge in [0.25, 0.3) is 0 Å². The van der Waals surface area contributed by atoms with E-state index >= 15 is 0 Å². The summed E-state index contributed by atoms with van der Waals surface area (Å²) in [5.41, 5.74) is 0.967. The first kappa shape index (κ1) is 12.9. The van der Waals surface area contributed by atoms with Crippen LogP contribution < -0.4 is 5.32 Å². The van der Waals surface area contributed by atoms with E-state index in [4.69, 9.17) is 21.6 Å². The van der Waals surface area contributed by atoms with Gasteiger partial charge >= 0.3 is 0 Å². The summed E-state index contributed by atoms with van der Waals surface area (Å²) in [5, 5.41) is 12.0. The van der Waals surface area contributed by atoms with Gasteiger partial charge in [-0.2, -0.15) is 5.26 Å². The highest BCUT2D eigenvalue weighted by atomic mass is 35.5. The first-order valence-electron chi connectivity index (χ1n) is 5.79. The highest BCUT2D eigenvalue weighted by Crippen LogP contribution is 2.24. The van der Waals surface area contributed by atoms with E-state index < -0.39 is 0 Å². The Bertz CT molecular complexity index is 490. The van der Waals surface area contributed by atoms with Gasteiger partial charge in [-0.1, -0.05) is 11.6 Å². The molecule has 0 radical (unpaired) electrons. The minimum Gasteiger partial charge on any atom is -0.381 e. The Balaban J connectivity index is 2.08. The van der Waals surface area contributed by atoms with E-state index in [-0.39, 0.29) is 11.8 Å². The number of carbonyl (C=O) groups excluding carboxylic acids is 1. The molecular weight excluding hydrogens is 252 g/mol. The molecule has 1 aliphatic rings. The molecule has 5 heteroatoms. The average Bonchev–Trinajstić information content (AvgIpc) is 2.42. The molecule has 0 spiro atoms. The summed E-state index contributed by atoms with van der Waals surface area (Å²) < 4.78 is 5.21. The van der Waals surface area contributed by atoms with Crippen molar-refractivity contribution < 1.29 is 9.53 Å². The van der Waals surface area contributed by atoms with Gasteiger partial charge in [0.1, 0.15) is 0 Å². The zero-order valence-electron chi connectivity index (χ0n) is 9.78. The number of rotatable bonds is 2. The van der Waals surface area contributed by atoms with Crippen molar-refractivity contribution in [2.24, 2.45) is 5.92 Å². The first-order valence-corrected chi connectivity index (χ1v) is 6.17. The lowest BCUT2D eigenvalue weighted by atomic mass is 9.99. The first-order chi connectivity index (χ1) is 8.70. The summed E-state index contributed by atoms with van der Waals surface area (Å²) in [5.74, 6) is -0.101. The summed E-state index contributed by atoms with van der Waals surface area (Å²) in [6.07, 6.45) is 1.45. The molecule has 1 N–H and O–H groups in total. The van der Waals surface area contributed by atoms with Crippen LogP contribution in [0.4, 0.5) is 5.69 Å². The Kier molecular flexibility index (Phi) is 4.19. The van der Waals surface area contributed by atoms with E-state index in [0.717, 1.165) is 12.8 Å². The molecular formula is C13H13ClN2O2. The smallest absolute Gasteiger partial charge is 0.227 e. The fraction of sp³-hybridized carbons (Fsp3) is 0.385. The van der Waals surface area contributed by atoms with Crippen LogP contribution in [0.15, 0.2) is 18.2 Å². The number of amides is 1. The number of nitriles is 1. The molecule has 0 atom stereocenters. The lowest BCUT2D eigenvalue weighted by Crippen LogP contribution is -2.28. The molecule has 0 unspecified atom stereocenters. The lowest BCUT2D eigenvalue weighted by Gasteiger charge is -2.21. The predicted octanol–water partition coefficient (Wildman–Crippen LogP) is 2.58. The number of halogens is 1. The Labute approximate surface area is 111 Å². The van der Waals surface area contributed by atoms with Crippen LogP contribution in [0, 0.1) is 17.2 Å². The zero-order chi connectivity index (χ0) is 13.0. The number of nitrogens with one attached hydrogen (secondary N) is 1. The number of hydrogen-bond acceptors (Lipinski definition) is 3. The van der Waals surface area contributed by atoms with Gasteiger partial charge in [-0.05, 0) is 31.0 Å². The number of ether oxygens (including phenoxy) is 1. The summed E-state index contributed by atoms with van der Waals surface area (Å²) in [6.45, 7) is 1.23. The molecule has 1 aromatic rings. The van der Waals surface area contributed by atoms with Crippen LogP contribution in [0.3, 0.4) is 0 Å². The van der Waals surface area contributed by atoms with Crippen LogP contribution in [0.5, 0.6) is 0 Å². The minimum atomic E-state index is -0.0599. The highest BCUT2D eigenvalue weighted by molar-refractivity contribution is 6.33. The molecule has 1 aromatic carbocycles. The monoisotopic (exact) mass is 264 g/mol. The quantitative estimate of drug-likeness (QED) is 0.893. The van der Waals surface area contributed by atoms with Gasteiger partial charge in [-0.3, -0.25) is 4.79 Å². The normalized spacial score (nSPS) is 16.0.